The maximum absolute atomic E-state index is 12.1. The third-order valence-electron chi connectivity index (χ3n) is 3.61. The van der Waals surface area contributed by atoms with Gasteiger partial charge < -0.3 is 15.3 Å². The van der Waals surface area contributed by atoms with Crippen LogP contribution < -0.4 is 5.32 Å². The second-order valence-electron chi connectivity index (χ2n) is 5.60. The molecule has 1 fully saturated rings. The fraction of sp³-hybridized carbons (Fsp3) is 0.643. The van der Waals surface area contributed by atoms with Gasteiger partial charge in [-0.2, -0.15) is 0 Å². The smallest absolute Gasteiger partial charge is 0.317 e. The van der Waals surface area contributed by atoms with Crippen molar-refractivity contribution in [3.63, 3.8) is 0 Å². The van der Waals surface area contributed by atoms with Crippen molar-refractivity contribution in [1.29, 1.82) is 0 Å². The molecule has 2 rings (SSSR count). The second kappa shape index (κ2) is 6.89. The summed E-state index contributed by atoms with van der Waals surface area (Å²) in [5, 5.41) is 14.7. The van der Waals surface area contributed by atoms with E-state index in [0.29, 0.717) is 25.4 Å². The molecular formula is C14H21N3O3S. The Labute approximate surface area is 128 Å². The molecule has 1 aliphatic rings. The highest BCUT2D eigenvalue weighted by molar-refractivity contribution is 7.09. The Kier molecular flexibility index (Phi) is 5.17. The Hall–Kier alpha value is -1.63. The van der Waals surface area contributed by atoms with E-state index in [9.17, 15) is 9.59 Å². The van der Waals surface area contributed by atoms with Gasteiger partial charge in [-0.25, -0.2) is 9.78 Å². The zero-order valence-electron chi connectivity index (χ0n) is 12.3. The molecule has 2 N–H and O–H groups in total. The number of hydrogen-bond acceptors (Lipinski definition) is 4. The van der Waals surface area contributed by atoms with E-state index in [1.54, 1.807) is 4.90 Å². The van der Waals surface area contributed by atoms with Gasteiger partial charge in [-0.05, 0) is 18.8 Å². The topological polar surface area (TPSA) is 82.5 Å². The van der Waals surface area contributed by atoms with Crippen LogP contribution >= 0.6 is 11.3 Å². The number of thiazole rings is 1. The lowest BCUT2D eigenvalue weighted by Gasteiger charge is -2.30. The molecule has 1 aliphatic heterocycles. The number of carbonyl (C=O) groups is 2. The molecule has 1 unspecified atom stereocenters. The molecule has 6 nitrogen and oxygen atoms in total. The summed E-state index contributed by atoms with van der Waals surface area (Å²) in [4.78, 5) is 29.1. The number of hydrogen-bond donors (Lipinski definition) is 2. The highest BCUT2D eigenvalue weighted by Crippen LogP contribution is 2.18. The van der Waals surface area contributed by atoms with Crippen molar-refractivity contribution in [2.75, 3.05) is 13.1 Å². The summed E-state index contributed by atoms with van der Waals surface area (Å²) in [7, 11) is 0. The lowest BCUT2D eigenvalue weighted by molar-refractivity contribution is -0.143. The zero-order chi connectivity index (χ0) is 15.4. The average molecular weight is 311 g/mol. The lowest BCUT2D eigenvalue weighted by Crippen LogP contribution is -2.46. The lowest BCUT2D eigenvalue weighted by atomic mass is 9.99. The van der Waals surface area contributed by atoms with Gasteiger partial charge in [-0.15, -0.1) is 11.3 Å². The van der Waals surface area contributed by atoms with Gasteiger partial charge in [0.25, 0.3) is 0 Å². The highest BCUT2D eigenvalue weighted by atomic mass is 32.1. The molecule has 21 heavy (non-hydrogen) atoms. The first-order valence-corrected chi connectivity index (χ1v) is 8.05. The number of aliphatic carboxylic acids is 1. The third kappa shape index (κ3) is 4.17. The zero-order valence-corrected chi connectivity index (χ0v) is 13.2. The first-order valence-electron chi connectivity index (χ1n) is 7.17. The van der Waals surface area contributed by atoms with Crippen LogP contribution in [0.15, 0.2) is 5.38 Å². The number of carboxylic acid groups (broad SMARTS) is 1. The summed E-state index contributed by atoms with van der Waals surface area (Å²) in [5.74, 6) is -0.893. The summed E-state index contributed by atoms with van der Waals surface area (Å²) in [6, 6.07) is -0.206. The maximum atomic E-state index is 12.1. The molecule has 1 aromatic rings. The van der Waals surface area contributed by atoms with Crippen LogP contribution in [0.4, 0.5) is 4.79 Å². The Balaban J connectivity index is 1.84. The number of nitrogens with zero attached hydrogens (tertiary/aromatic N) is 2. The first kappa shape index (κ1) is 15.8. The number of aromatic nitrogens is 1. The van der Waals surface area contributed by atoms with Crippen LogP contribution in [-0.4, -0.2) is 40.1 Å². The average Bonchev–Trinajstić information content (AvgIpc) is 2.94. The maximum Gasteiger partial charge on any atom is 0.317 e. The Morgan fingerprint density at radius 3 is 2.95 bits per heavy atom. The Bertz CT molecular complexity index is 515. The molecule has 1 saturated heterocycles. The predicted octanol–water partition coefficient (Wildman–Crippen LogP) is 2.27. The minimum Gasteiger partial charge on any atom is -0.481 e. The van der Waals surface area contributed by atoms with Crippen LogP contribution in [0.2, 0.25) is 0 Å². The number of carboxylic acids is 1. The molecule has 1 aromatic heterocycles. The Morgan fingerprint density at radius 1 is 1.57 bits per heavy atom. The number of rotatable bonds is 4. The van der Waals surface area contributed by atoms with Crippen molar-refractivity contribution in [3.8, 4) is 0 Å². The number of urea groups is 1. The summed E-state index contributed by atoms with van der Waals surface area (Å²) in [5.41, 5.74) is 1.04. The third-order valence-corrected chi connectivity index (χ3v) is 4.48. The van der Waals surface area contributed by atoms with Gasteiger partial charge in [0.05, 0.1) is 18.2 Å². The summed E-state index contributed by atoms with van der Waals surface area (Å²) in [6.45, 7) is 5.46. The molecule has 2 heterocycles. The number of likely N-dealkylation sites (tertiary alicyclic amines) is 1. The Morgan fingerprint density at radius 2 is 2.33 bits per heavy atom. The fourth-order valence-corrected chi connectivity index (χ4v) is 3.19. The van der Waals surface area contributed by atoms with E-state index < -0.39 is 11.9 Å². The molecule has 0 aliphatic carbocycles. The molecule has 0 bridgehead atoms. The fourth-order valence-electron chi connectivity index (χ4n) is 2.30. The molecule has 0 radical (unpaired) electrons. The number of carbonyl (C=O) groups excluding carboxylic acids is 1. The summed E-state index contributed by atoms with van der Waals surface area (Å²) in [6.07, 6.45) is 1.38. The van der Waals surface area contributed by atoms with Gasteiger partial charge in [0.15, 0.2) is 0 Å². The van der Waals surface area contributed by atoms with Gasteiger partial charge in [0.1, 0.15) is 5.01 Å². The van der Waals surface area contributed by atoms with Gasteiger partial charge >= 0.3 is 12.0 Å². The van der Waals surface area contributed by atoms with Crippen LogP contribution in [0.1, 0.15) is 43.3 Å². The molecule has 1 atom stereocenters. The van der Waals surface area contributed by atoms with Crippen LogP contribution in [0.3, 0.4) is 0 Å². The van der Waals surface area contributed by atoms with Crippen LogP contribution in [-0.2, 0) is 11.3 Å². The second-order valence-corrected chi connectivity index (χ2v) is 6.55. The SMILES string of the molecule is CC(C)c1csc(CNC(=O)N2CCCC(C(=O)O)C2)n1. The predicted molar refractivity (Wildman–Crippen MR) is 80.4 cm³/mol. The number of piperidine rings is 1. The van der Waals surface area contributed by atoms with Crippen LogP contribution in [0, 0.1) is 5.92 Å². The van der Waals surface area contributed by atoms with E-state index in [-0.39, 0.29) is 12.6 Å². The van der Waals surface area contributed by atoms with E-state index >= 15 is 0 Å². The molecule has 0 aromatic carbocycles. The highest BCUT2D eigenvalue weighted by Gasteiger charge is 2.28. The molecule has 0 spiro atoms. The quantitative estimate of drug-likeness (QED) is 0.893. The normalized spacial score (nSPS) is 18.8. The largest absolute Gasteiger partial charge is 0.481 e. The van der Waals surface area contributed by atoms with Gasteiger partial charge in [-0.1, -0.05) is 13.8 Å². The minimum atomic E-state index is -0.825. The van der Waals surface area contributed by atoms with Crippen LogP contribution in [0.25, 0.3) is 0 Å². The minimum absolute atomic E-state index is 0.206. The molecular weight excluding hydrogens is 290 g/mol. The van der Waals surface area contributed by atoms with Gasteiger partial charge in [0.2, 0.25) is 0 Å². The molecule has 7 heteroatoms. The number of amides is 2. The molecule has 2 amide bonds. The van der Waals surface area contributed by atoms with E-state index in [4.69, 9.17) is 5.11 Å². The van der Waals surface area contributed by atoms with E-state index in [1.807, 2.05) is 5.38 Å². The summed E-state index contributed by atoms with van der Waals surface area (Å²) >= 11 is 1.53. The molecule has 116 valence electrons. The van der Waals surface area contributed by atoms with Crippen molar-refractivity contribution in [1.82, 2.24) is 15.2 Å². The van der Waals surface area contributed by atoms with Crippen molar-refractivity contribution >= 4 is 23.3 Å². The summed E-state index contributed by atoms with van der Waals surface area (Å²) < 4.78 is 0. The van der Waals surface area contributed by atoms with Crippen LogP contribution in [0.5, 0.6) is 0 Å². The van der Waals surface area contributed by atoms with Crippen molar-refractivity contribution in [3.05, 3.63) is 16.1 Å². The van der Waals surface area contributed by atoms with Crippen molar-refractivity contribution < 1.29 is 14.7 Å². The monoisotopic (exact) mass is 311 g/mol. The van der Waals surface area contributed by atoms with E-state index in [0.717, 1.165) is 17.1 Å². The van der Waals surface area contributed by atoms with E-state index in [1.165, 1.54) is 11.3 Å². The van der Waals surface area contributed by atoms with Crippen molar-refractivity contribution in [2.45, 2.75) is 39.2 Å². The van der Waals surface area contributed by atoms with Gasteiger partial charge in [0, 0.05) is 18.5 Å². The van der Waals surface area contributed by atoms with Gasteiger partial charge in [-0.3, -0.25) is 4.79 Å². The molecule has 0 saturated carbocycles. The standard InChI is InChI=1S/C14H21N3O3S/c1-9(2)11-8-21-12(16-11)6-15-14(20)17-5-3-4-10(7-17)13(18)19/h8-10H,3-7H2,1-2H3,(H,15,20)(H,18,19). The van der Waals surface area contributed by atoms with Crippen molar-refractivity contribution in [2.24, 2.45) is 5.92 Å². The number of nitrogens with one attached hydrogen (secondary N) is 1. The first-order chi connectivity index (χ1) is 9.97. The van der Waals surface area contributed by atoms with E-state index in [2.05, 4.69) is 24.1 Å².